The van der Waals surface area contributed by atoms with E-state index in [0.717, 1.165) is 11.4 Å². The average Bonchev–Trinajstić information content (AvgIpc) is 2.42. The summed E-state index contributed by atoms with van der Waals surface area (Å²) in [5.41, 5.74) is 1.59. The van der Waals surface area contributed by atoms with Crippen LogP contribution in [-0.2, 0) is 20.6 Å². The van der Waals surface area contributed by atoms with Gasteiger partial charge in [0.2, 0.25) is 0 Å². The molecule has 5 heteroatoms. The van der Waals surface area contributed by atoms with Gasteiger partial charge in [-0.25, -0.2) is 4.79 Å². The molecule has 0 saturated heterocycles. The standard InChI is InChI=1S/C16H25NO3Si/c1-16(2,3)21(5,6)20-12-14-9-7-8-13(17-14)10-11-15(18)19-4/h7-11H,12H2,1-6H3/b11-10+. The van der Waals surface area contributed by atoms with E-state index in [1.54, 1.807) is 6.08 Å². The van der Waals surface area contributed by atoms with E-state index < -0.39 is 8.32 Å². The Morgan fingerprint density at radius 3 is 2.57 bits per heavy atom. The van der Waals surface area contributed by atoms with Crippen LogP contribution in [0.4, 0.5) is 0 Å². The summed E-state index contributed by atoms with van der Waals surface area (Å²) >= 11 is 0. The van der Waals surface area contributed by atoms with Crippen molar-refractivity contribution >= 4 is 20.4 Å². The molecule has 0 unspecified atom stereocenters. The Kier molecular flexibility index (Phi) is 5.86. The molecule has 1 heterocycles. The molecule has 0 fully saturated rings. The van der Waals surface area contributed by atoms with E-state index in [1.165, 1.54) is 13.2 Å². The smallest absolute Gasteiger partial charge is 0.330 e. The van der Waals surface area contributed by atoms with Crippen LogP contribution in [-0.4, -0.2) is 26.4 Å². The van der Waals surface area contributed by atoms with Crippen molar-refractivity contribution in [1.82, 2.24) is 4.98 Å². The lowest BCUT2D eigenvalue weighted by Gasteiger charge is -2.36. The van der Waals surface area contributed by atoms with Gasteiger partial charge in [-0.3, -0.25) is 4.98 Å². The predicted molar refractivity (Wildman–Crippen MR) is 87.3 cm³/mol. The number of hydrogen-bond donors (Lipinski definition) is 0. The number of carbonyl (C=O) groups is 1. The van der Waals surface area contributed by atoms with Crippen molar-refractivity contribution in [3.8, 4) is 0 Å². The number of carbonyl (C=O) groups excluding carboxylic acids is 1. The second kappa shape index (κ2) is 7.00. The number of ether oxygens (including phenoxy) is 1. The quantitative estimate of drug-likeness (QED) is 0.472. The van der Waals surface area contributed by atoms with Crippen LogP contribution < -0.4 is 0 Å². The molecule has 4 nitrogen and oxygen atoms in total. The minimum Gasteiger partial charge on any atom is -0.466 e. The fourth-order valence-electron chi connectivity index (χ4n) is 1.36. The first-order valence-electron chi connectivity index (χ1n) is 7.01. The Balaban J connectivity index is 2.74. The van der Waals surface area contributed by atoms with Crippen LogP contribution in [0.2, 0.25) is 18.1 Å². The van der Waals surface area contributed by atoms with Gasteiger partial charge in [-0.15, -0.1) is 0 Å². The van der Waals surface area contributed by atoms with Gasteiger partial charge in [0.25, 0.3) is 0 Å². The zero-order valence-corrected chi connectivity index (χ0v) is 14.8. The van der Waals surface area contributed by atoms with E-state index in [4.69, 9.17) is 4.43 Å². The minimum atomic E-state index is -1.78. The van der Waals surface area contributed by atoms with Crippen LogP contribution in [0.1, 0.15) is 32.2 Å². The lowest BCUT2D eigenvalue weighted by atomic mass is 10.2. The molecule has 1 aromatic heterocycles. The fourth-order valence-corrected chi connectivity index (χ4v) is 2.31. The highest BCUT2D eigenvalue weighted by molar-refractivity contribution is 6.74. The summed E-state index contributed by atoms with van der Waals surface area (Å²) in [5.74, 6) is -0.389. The van der Waals surface area contributed by atoms with E-state index in [2.05, 4.69) is 43.6 Å². The van der Waals surface area contributed by atoms with Gasteiger partial charge < -0.3 is 9.16 Å². The third kappa shape index (κ3) is 5.44. The zero-order valence-electron chi connectivity index (χ0n) is 13.8. The number of nitrogens with zero attached hydrogens (tertiary/aromatic N) is 1. The molecule has 0 radical (unpaired) electrons. The normalized spacial score (nSPS) is 12.7. The molecule has 116 valence electrons. The van der Waals surface area contributed by atoms with Crippen molar-refractivity contribution in [2.24, 2.45) is 0 Å². The molecular weight excluding hydrogens is 282 g/mol. The van der Waals surface area contributed by atoms with Crippen LogP contribution in [0.25, 0.3) is 6.08 Å². The molecule has 0 spiro atoms. The van der Waals surface area contributed by atoms with Gasteiger partial charge in [0, 0.05) is 6.08 Å². The number of esters is 1. The minimum absolute atomic E-state index is 0.176. The first-order valence-corrected chi connectivity index (χ1v) is 9.92. The maximum Gasteiger partial charge on any atom is 0.330 e. The van der Waals surface area contributed by atoms with E-state index >= 15 is 0 Å². The second-order valence-corrected chi connectivity index (χ2v) is 11.3. The van der Waals surface area contributed by atoms with Crippen LogP contribution in [0.5, 0.6) is 0 Å². The third-order valence-electron chi connectivity index (χ3n) is 3.81. The van der Waals surface area contributed by atoms with E-state index in [1.807, 2.05) is 18.2 Å². The summed E-state index contributed by atoms with van der Waals surface area (Å²) in [4.78, 5) is 15.5. The monoisotopic (exact) mass is 307 g/mol. The number of methoxy groups -OCH3 is 1. The molecule has 21 heavy (non-hydrogen) atoms. The van der Waals surface area contributed by atoms with Crippen LogP contribution in [0.15, 0.2) is 24.3 Å². The van der Waals surface area contributed by atoms with Crippen molar-refractivity contribution in [3.63, 3.8) is 0 Å². The summed E-state index contributed by atoms with van der Waals surface area (Å²) in [7, 11) is -0.429. The maximum atomic E-state index is 11.1. The van der Waals surface area contributed by atoms with Gasteiger partial charge in [-0.2, -0.15) is 0 Å². The summed E-state index contributed by atoms with van der Waals surface area (Å²) in [6.07, 6.45) is 3.00. The molecular formula is C16H25NO3Si. The van der Waals surface area contributed by atoms with Crippen molar-refractivity contribution in [3.05, 3.63) is 35.7 Å². The average molecular weight is 307 g/mol. The topological polar surface area (TPSA) is 48.4 Å². The largest absolute Gasteiger partial charge is 0.466 e. The predicted octanol–water partition coefficient (Wildman–Crippen LogP) is 3.79. The van der Waals surface area contributed by atoms with Gasteiger partial charge in [0.1, 0.15) is 0 Å². The highest BCUT2D eigenvalue weighted by atomic mass is 28.4. The lowest BCUT2D eigenvalue weighted by Crippen LogP contribution is -2.40. The van der Waals surface area contributed by atoms with Crippen molar-refractivity contribution < 1.29 is 14.0 Å². The Labute approximate surface area is 128 Å². The van der Waals surface area contributed by atoms with Crippen LogP contribution in [0.3, 0.4) is 0 Å². The van der Waals surface area contributed by atoms with Gasteiger partial charge >= 0.3 is 5.97 Å². The first-order chi connectivity index (χ1) is 9.65. The maximum absolute atomic E-state index is 11.1. The van der Waals surface area contributed by atoms with Gasteiger partial charge in [0.05, 0.1) is 25.1 Å². The molecule has 0 aliphatic carbocycles. The number of aromatic nitrogens is 1. The Morgan fingerprint density at radius 2 is 2.00 bits per heavy atom. The molecule has 0 atom stereocenters. The van der Waals surface area contributed by atoms with E-state index in [-0.39, 0.29) is 11.0 Å². The highest BCUT2D eigenvalue weighted by Gasteiger charge is 2.37. The van der Waals surface area contributed by atoms with Gasteiger partial charge in [-0.1, -0.05) is 26.8 Å². The van der Waals surface area contributed by atoms with Crippen LogP contribution >= 0.6 is 0 Å². The summed E-state index contributed by atoms with van der Waals surface area (Å²) < 4.78 is 10.7. The third-order valence-corrected chi connectivity index (χ3v) is 8.29. The van der Waals surface area contributed by atoms with E-state index in [0.29, 0.717) is 6.61 Å². The summed E-state index contributed by atoms with van der Waals surface area (Å²) in [5, 5.41) is 0.176. The molecule has 0 aliphatic rings. The highest BCUT2D eigenvalue weighted by Crippen LogP contribution is 2.36. The number of pyridine rings is 1. The van der Waals surface area contributed by atoms with Crippen molar-refractivity contribution in [2.45, 2.75) is 45.5 Å². The van der Waals surface area contributed by atoms with Crippen molar-refractivity contribution in [1.29, 1.82) is 0 Å². The molecule has 0 N–H and O–H groups in total. The molecule has 1 aromatic rings. The van der Waals surface area contributed by atoms with Crippen LogP contribution in [0, 0.1) is 0 Å². The SMILES string of the molecule is COC(=O)/C=C/c1cccc(CO[Si](C)(C)C(C)(C)C)n1. The fraction of sp³-hybridized carbons (Fsp3) is 0.500. The molecule has 0 aromatic carbocycles. The zero-order chi connectivity index (χ0) is 16.1. The summed E-state index contributed by atoms with van der Waals surface area (Å²) in [6.45, 7) is 11.6. The Hall–Kier alpha value is -1.46. The molecule has 0 amide bonds. The lowest BCUT2D eigenvalue weighted by molar-refractivity contribution is -0.134. The van der Waals surface area contributed by atoms with Gasteiger partial charge in [0.15, 0.2) is 8.32 Å². The summed E-state index contributed by atoms with van der Waals surface area (Å²) in [6, 6.07) is 5.69. The molecule has 0 aliphatic heterocycles. The number of hydrogen-bond acceptors (Lipinski definition) is 4. The molecule has 1 rings (SSSR count). The van der Waals surface area contributed by atoms with Gasteiger partial charge in [-0.05, 0) is 36.3 Å². The number of rotatable bonds is 5. The Morgan fingerprint density at radius 1 is 1.33 bits per heavy atom. The Bertz CT molecular complexity index is 518. The van der Waals surface area contributed by atoms with E-state index in [9.17, 15) is 4.79 Å². The molecule has 0 bridgehead atoms. The second-order valence-electron chi connectivity index (χ2n) is 6.46. The molecule has 0 saturated carbocycles. The van der Waals surface area contributed by atoms with Crippen molar-refractivity contribution in [2.75, 3.05) is 7.11 Å². The first kappa shape index (κ1) is 17.6.